The summed E-state index contributed by atoms with van der Waals surface area (Å²) in [5, 5.41) is 3.91. The zero-order valence-electron chi connectivity index (χ0n) is 14.2. The Kier molecular flexibility index (Phi) is 6.82. The van der Waals surface area contributed by atoms with Gasteiger partial charge in [0.15, 0.2) is 18.1 Å². The zero-order chi connectivity index (χ0) is 18.2. The van der Waals surface area contributed by atoms with Crippen molar-refractivity contribution in [1.29, 1.82) is 0 Å². The maximum Gasteiger partial charge on any atom is 0.277 e. The number of hydrogen-bond acceptors (Lipinski definition) is 5. The molecule has 2 aromatic rings. The molecule has 0 fully saturated rings. The summed E-state index contributed by atoms with van der Waals surface area (Å²) in [5.41, 5.74) is 4.28. The van der Waals surface area contributed by atoms with E-state index in [0.717, 1.165) is 15.6 Å². The van der Waals surface area contributed by atoms with Crippen molar-refractivity contribution in [3.63, 3.8) is 0 Å². The zero-order valence-corrected chi connectivity index (χ0v) is 15.8. The highest BCUT2D eigenvalue weighted by Crippen LogP contribution is 2.27. The highest BCUT2D eigenvalue weighted by atomic mass is 79.9. The van der Waals surface area contributed by atoms with Gasteiger partial charge in [-0.3, -0.25) is 4.79 Å². The van der Waals surface area contributed by atoms with E-state index in [4.69, 9.17) is 14.2 Å². The van der Waals surface area contributed by atoms with Gasteiger partial charge in [0, 0.05) is 0 Å². The minimum atomic E-state index is -0.357. The summed E-state index contributed by atoms with van der Waals surface area (Å²) in [6.45, 7) is 1.84. The van der Waals surface area contributed by atoms with Gasteiger partial charge in [0.2, 0.25) is 0 Å². The molecule has 0 unspecified atom stereocenters. The van der Waals surface area contributed by atoms with Crippen molar-refractivity contribution in [2.24, 2.45) is 5.10 Å². The number of nitrogens with one attached hydrogen (secondary N) is 1. The molecule has 0 bridgehead atoms. The number of aryl methyl sites for hydroxylation is 1. The van der Waals surface area contributed by atoms with Gasteiger partial charge >= 0.3 is 0 Å². The van der Waals surface area contributed by atoms with Crippen LogP contribution in [0.1, 0.15) is 11.1 Å². The molecule has 2 aromatic carbocycles. The lowest BCUT2D eigenvalue weighted by Crippen LogP contribution is -2.24. The SMILES string of the molecule is COc1ccc(/C=N/NC(=O)COc2ccc(C)cc2Br)cc1OC. The van der Waals surface area contributed by atoms with Crippen LogP contribution in [0, 0.1) is 6.92 Å². The first-order valence-corrected chi connectivity index (χ1v) is 8.25. The van der Waals surface area contributed by atoms with Crippen LogP contribution in [0.25, 0.3) is 0 Å². The fourth-order valence-electron chi connectivity index (χ4n) is 2.01. The van der Waals surface area contributed by atoms with Gasteiger partial charge in [-0.1, -0.05) is 6.07 Å². The van der Waals surface area contributed by atoms with Gasteiger partial charge in [-0.2, -0.15) is 5.10 Å². The molecule has 1 N–H and O–H groups in total. The highest BCUT2D eigenvalue weighted by molar-refractivity contribution is 9.10. The lowest BCUT2D eigenvalue weighted by atomic mass is 10.2. The molecular formula is C18H19BrN2O4. The van der Waals surface area contributed by atoms with Crippen molar-refractivity contribution in [2.45, 2.75) is 6.92 Å². The van der Waals surface area contributed by atoms with Crippen molar-refractivity contribution in [2.75, 3.05) is 20.8 Å². The molecule has 25 heavy (non-hydrogen) atoms. The number of halogens is 1. The van der Waals surface area contributed by atoms with Gasteiger partial charge in [-0.25, -0.2) is 5.43 Å². The van der Waals surface area contributed by atoms with E-state index in [1.807, 2.05) is 19.1 Å². The molecule has 0 spiro atoms. The number of carbonyl (C=O) groups is 1. The summed E-state index contributed by atoms with van der Waals surface area (Å²) in [6, 6.07) is 11.0. The van der Waals surface area contributed by atoms with E-state index in [-0.39, 0.29) is 12.5 Å². The Morgan fingerprint density at radius 1 is 1.12 bits per heavy atom. The molecule has 0 saturated heterocycles. The lowest BCUT2D eigenvalue weighted by molar-refractivity contribution is -0.123. The quantitative estimate of drug-likeness (QED) is 0.565. The Morgan fingerprint density at radius 3 is 2.52 bits per heavy atom. The van der Waals surface area contributed by atoms with E-state index >= 15 is 0 Å². The first-order valence-electron chi connectivity index (χ1n) is 7.46. The molecule has 0 aromatic heterocycles. The van der Waals surface area contributed by atoms with Gasteiger partial charge in [0.1, 0.15) is 5.75 Å². The van der Waals surface area contributed by atoms with Gasteiger partial charge in [0.05, 0.1) is 24.9 Å². The molecule has 132 valence electrons. The number of ether oxygens (including phenoxy) is 3. The van der Waals surface area contributed by atoms with Crippen LogP contribution >= 0.6 is 15.9 Å². The molecule has 0 aliphatic rings. The average molecular weight is 407 g/mol. The fraction of sp³-hybridized carbons (Fsp3) is 0.222. The second kappa shape index (κ2) is 9.08. The molecule has 1 amide bonds. The predicted molar refractivity (Wildman–Crippen MR) is 99.7 cm³/mol. The van der Waals surface area contributed by atoms with Crippen LogP contribution < -0.4 is 19.6 Å². The van der Waals surface area contributed by atoms with Crippen molar-refractivity contribution in [3.8, 4) is 17.2 Å². The van der Waals surface area contributed by atoms with Crippen LogP contribution in [0.2, 0.25) is 0 Å². The standard InChI is InChI=1S/C18H19BrN2O4/c1-12-4-6-15(14(19)8-12)25-11-18(22)21-20-10-13-5-7-16(23-2)17(9-13)24-3/h4-10H,11H2,1-3H3,(H,21,22)/b20-10+. The van der Waals surface area contributed by atoms with E-state index in [0.29, 0.717) is 17.2 Å². The number of methoxy groups -OCH3 is 2. The third-order valence-corrected chi connectivity index (χ3v) is 3.88. The summed E-state index contributed by atoms with van der Waals surface area (Å²) in [7, 11) is 3.12. The number of benzene rings is 2. The summed E-state index contributed by atoms with van der Waals surface area (Å²) in [5.74, 6) is 1.46. The van der Waals surface area contributed by atoms with Crippen LogP contribution in [0.15, 0.2) is 46.0 Å². The minimum absolute atomic E-state index is 0.134. The van der Waals surface area contributed by atoms with Crippen LogP contribution in [0.4, 0.5) is 0 Å². The van der Waals surface area contributed by atoms with Crippen molar-refractivity contribution in [3.05, 3.63) is 52.0 Å². The second-order valence-corrected chi connectivity index (χ2v) is 5.98. The van der Waals surface area contributed by atoms with Gasteiger partial charge in [-0.15, -0.1) is 0 Å². The van der Waals surface area contributed by atoms with E-state index < -0.39 is 0 Å². The molecular weight excluding hydrogens is 388 g/mol. The van der Waals surface area contributed by atoms with Crippen molar-refractivity contribution < 1.29 is 19.0 Å². The number of carbonyl (C=O) groups excluding carboxylic acids is 1. The fourth-order valence-corrected chi connectivity index (χ4v) is 2.62. The number of rotatable bonds is 7. The van der Waals surface area contributed by atoms with Crippen LogP contribution in [0.5, 0.6) is 17.2 Å². The van der Waals surface area contributed by atoms with E-state index in [9.17, 15) is 4.79 Å². The minimum Gasteiger partial charge on any atom is -0.493 e. The molecule has 0 heterocycles. The third kappa shape index (κ3) is 5.49. The Bertz CT molecular complexity index is 778. The van der Waals surface area contributed by atoms with Crippen LogP contribution in [-0.2, 0) is 4.79 Å². The Morgan fingerprint density at radius 2 is 1.84 bits per heavy atom. The first kappa shape index (κ1) is 18.8. The Hall–Kier alpha value is -2.54. The maximum atomic E-state index is 11.8. The molecule has 0 saturated carbocycles. The highest BCUT2D eigenvalue weighted by Gasteiger charge is 2.06. The molecule has 0 radical (unpaired) electrons. The van der Waals surface area contributed by atoms with Crippen molar-refractivity contribution in [1.82, 2.24) is 5.43 Å². The van der Waals surface area contributed by atoms with E-state index in [1.165, 1.54) is 6.21 Å². The molecule has 7 heteroatoms. The molecule has 6 nitrogen and oxygen atoms in total. The molecule has 0 aliphatic heterocycles. The normalized spacial score (nSPS) is 10.6. The van der Waals surface area contributed by atoms with Gasteiger partial charge < -0.3 is 14.2 Å². The summed E-state index contributed by atoms with van der Waals surface area (Å²) < 4.78 is 16.6. The third-order valence-electron chi connectivity index (χ3n) is 3.26. The lowest BCUT2D eigenvalue weighted by Gasteiger charge is -2.08. The molecule has 2 rings (SSSR count). The first-order chi connectivity index (χ1) is 12.0. The number of nitrogens with zero attached hydrogens (tertiary/aromatic N) is 1. The largest absolute Gasteiger partial charge is 0.493 e. The van der Waals surface area contributed by atoms with Crippen LogP contribution in [-0.4, -0.2) is 32.9 Å². The van der Waals surface area contributed by atoms with E-state index in [1.54, 1.807) is 38.5 Å². The van der Waals surface area contributed by atoms with E-state index in [2.05, 4.69) is 26.5 Å². The number of amides is 1. The Labute approximate surface area is 154 Å². The van der Waals surface area contributed by atoms with Gasteiger partial charge in [0.25, 0.3) is 5.91 Å². The number of hydrazone groups is 1. The monoisotopic (exact) mass is 406 g/mol. The molecule has 0 aliphatic carbocycles. The predicted octanol–water partition coefficient (Wildman–Crippen LogP) is 3.30. The topological polar surface area (TPSA) is 69.2 Å². The van der Waals surface area contributed by atoms with Crippen LogP contribution in [0.3, 0.4) is 0 Å². The Balaban J connectivity index is 1.88. The summed E-state index contributed by atoms with van der Waals surface area (Å²) >= 11 is 3.40. The average Bonchev–Trinajstić information content (AvgIpc) is 2.60. The van der Waals surface area contributed by atoms with Crippen molar-refractivity contribution >= 4 is 28.1 Å². The van der Waals surface area contributed by atoms with Gasteiger partial charge in [-0.05, 0) is 64.3 Å². The smallest absolute Gasteiger partial charge is 0.277 e. The number of hydrogen-bond donors (Lipinski definition) is 1. The molecule has 0 atom stereocenters. The summed E-state index contributed by atoms with van der Waals surface area (Å²) in [6.07, 6.45) is 1.52. The summed E-state index contributed by atoms with van der Waals surface area (Å²) in [4.78, 5) is 11.8. The maximum absolute atomic E-state index is 11.8. The second-order valence-electron chi connectivity index (χ2n) is 5.13.